The first kappa shape index (κ1) is 22.3. The van der Waals surface area contributed by atoms with Crippen molar-refractivity contribution >= 4 is 11.8 Å². The minimum atomic E-state index is -0.259. The van der Waals surface area contributed by atoms with Gasteiger partial charge in [0.2, 0.25) is 11.8 Å². The third-order valence-electron chi connectivity index (χ3n) is 4.91. The van der Waals surface area contributed by atoms with E-state index in [0.717, 1.165) is 31.6 Å². The molecule has 2 amide bonds. The molecule has 1 aromatic rings. The average molecular weight is 389 g/mol. The summed E-state index contributed by atoms with van der Waals surface area (Å²) in [5, 5.41) is 3.21. The van der Waals surface area contributed by atoms with Crippen LogP contribution in [0.15, 0.2) is 30.3 Å². The fourth-order valence-electron chi connectivity index (χ4n) is 4.15. The van der Waals surface area contributed by atoms with Gasteiger partial charge in [-0.3, -0.25) is 9.59 Å². The molecule has 2 rings (SSSR count). The van der Waals surface area contributed by atoms with E-state index in [9.17, 15) is 9.59 Å². The molecule has 1 fully saturated rings. The Morgan fingerprint density at radius 3 is 2.46 bits per heavy atom. The predicted octanol–water partition coefficient (Wildman–Crippen LogP) is 4.03. The number of benzene rings is 1. The Balaban J connectivity index is 1.81. The van der Waals surface area contributed by atoms with E-state index in [1.165, 1.54) is 0 Å². The van der Waals surface area contributed by atoms with Gasteiger partial charge >= 0.3 is 0 Å². The molecule has 0 spiro atoms. The van der Waals surface area contributed by atoms with E-state index in [-0.39, 0.29) is 28.7 Å². The third kappa shape index (κ3) is 7.53. The number of hydrogen-bond donors (Lipinski definition) is 1. The highest BCUT2D eigenvalue weighted by Crippen LogP contribution is 2.27. The number of carbonyl (C=O) groups excluding carboxylic acids is 2. The van der Waals surface area contributed by atoms with E-state index in [1.54, 1.807) is 0 Å². The van der Waals surface area contributed by atoms with E-state index in [0.29, 0.717) is 19.6 Å². The summed E-state index contributed by atoms with van der Waals surface area (Å²) in [5.41, 5.74) is -0.116. The Labute approximate surface area is 169 Å². The average Bonchev–Trinajstić information content (AvgIpc) is 2.60. The summed E-state index contributed by atoms with van der Waals surface area (Å²) in [6.45, 7) is 12.3. The first-order valence-corrected chi connectivity index (χ1v) is 10.3. The molecule has 1 atom stereocenters. The molecule has 0 saturated carbocycles. The van der Waals surface area contributed by atoms with Gasteiger partial charge in [-0.25, -0.2) is 0 Å². The lowest BCUT2D eigenvalue weighted by Crippen LogP contribution is -2.52. The summed E-state index contributed by atoms with van der Waals surface area (Å²) >= 11 is 0. The number of hydrogen-bond acceptors (Lipinski definition) is 3. The largest absolute Gasteiger partial charge is 0.493 e. The van der Waals surface area contributed by atoms with Crippen molar-refractivity contribution in [3.05, 3.63) is 30.3 Å². The van der Waals surface area contributed by atoms with E-state index in [4.69, 9.17) is 4.74 Å². The molecule has 0 aliphatic carbocycles. The summed E-state index contributed by atoms with van der Waals surface area (Å²) in [5.74, 6) is 0.758. The molecule has 0 aromatic heterocycles. The lowest BCUT2D eigenvalue weighted by Gasteiger charge is -2.37. The van der Waals surface area contributed by atoms with Gasteiger partial charge < -0.3 is 15.0 Å². The molecular weight excluding hydrogens is 352 g/mol. The van der Waals surface area contributed by atoms with Crippen LogP contribution < -0.4 is 10.1 Å². The van der Waals surface area contributed by atoms with Crippen LogP contribution in [0.1, 0.15) is 60.3 Å². The summed E-state index contributed by atoms with van der Waals surface area (Å²) in [4.78, 5) is 27.2. The van der Waals surface area contributed by atoms with Gasteiger partial charge in [-0.15, -0.1) is 0 Å². The van der Waals surface area contributed by atoms with Crippen molar-refractivity contribution in [2.24, 2.45) is 11.3 Å². The van der Waals surface area contributed by atoms with Crippen LogP contribution in [0.2, 0.25) is 0 Å². The zero-order valence-electron chi connectivity index (χ0n) is 18.1. The summed E-state index contributed by atoms with van der Waals surface area (Å²) in [6, 6.07) is 9.51. The van der Waals surface area contributed by atoms with Gasteiger partial charge in [-0.05, 0) is 50.7 Å². The molecule has 5 heteroatoms. The minimum absolute atomic E-state index is 0.0578. The molecule has 1 unspecified atom stereocenters. The van der Waals surface area contributed by atoms with Crippen LogP contribution in [0.4, 0.5) is 0 Å². The SMILES string of the molecule is CC(C)(C)CC(C)(C)NC(=O)C1CCCN(C(=O)CCOc2ccccc2)C1. The van der Waals surface area contributed by atoms with Crippen LogP contribution in [-0.2, 0) is 9.59 Å². The maximum absolute atomic E-state index is 12.8. The zero-order chi connectivity index (χ0) is 20.8. The quantitative estimate of drug-likeness (QED) is 0.767. The van der Waals surface area contributed by atoms with Gasteiger partial charge in [-0.2, -0.15) is 0 Å². The standard InChI is InChI=1S/C23H36N2O3/c1-22(2,3)17-23(4,5)24-21(27)18-10-9-14-25(16-18)20(26)13-15-28-19-11-7-6-8-12-19/h6-8,11-12,18H,9-10,13-17H2,1-5H3,(H,24,27). The lowest BCUT2D eigenvalue weighted by molar-refractivity contribution is -0.136. The van der Waals surface area contributed by atoms with Gasteiger partial charge in [0.15, 0.2) is 0 Å². The monoisotopic (exact) mass is 388 g/mol. The Kier molecular flexibility index (Phi) is 7.50. The Morgan fingerprint density at radius 2 is 1.82 bits per heavy atom. The lowest BCUT2D eigenvalue weighted by atomic mass is 9.81. The first-order chi connectivity index (χ1) is 13.1. The van der Waals surface area contributed by atoms with Crippen LogP contribution in [0.25, 0.3) is 0 Å². The van der Waals surface area contributed by atoms with Crippen molar-refractivity contribution in [2.75, 3.05) is 19.7 Å². The molecule has 0 bridgehead atoms. The molecular formula is C23H36N2O3. The van der Waals surface area contributed by atoms with Crippen LogP contribution in [0, 0.1) is 11.3 Å². The molecule has 1 aliphatic rings. The van der Waals surface area contributed by atoms with Gasteiger partial charge in [0.25, 0.3) is 0 Å². The molecule has 1 heterocycles. The van der Waals surface area contributed by atoms with E-state index >= 15 is 0 Å². The van der Waals surface area contributed by atoms with Gasteiger partial charge in [0, 0.05) is 18.6 Å². The number of piperidine rings is 1. The maximum atomic E-state index is 12.8. The summed E-state index contributed by atoms with van der Waals surface area (Å²) < 4.78 is 5.63. The highest BCUT2D eigenvalue weighted by molar-refractivity contribution is 5.82. The van der Waals surface area contributed by atoms with Gasteiger partial charge in [-0.1, -0.05) is 39.0 Å². The van der Waals surface area contributed by atoms with Crippen LogP contribution in [0.3, 0.4) is 0 Å². The molecule has 5 nitrogen and oxygen atoms in total. The minimum Gasteiger partial charge on any atom is -0.493 e. The number of rotatable bonds is 7. The van der Waals surface area contributed by atoms with Crippen molar-refractivity contribution in [2.45, 2.75) is 65.8 Å². The second kappa shape index (κ2) is 9.44. The maximum Gasteiger partial charge on any atom is 0.226 e. The van der Waals surface area contributed by atoms with Crippen molar-refractivity contribution in [1.29, 1.82) is 0 Å². The molecule has 1 saturated heterocycles. The van der Waals surface area contributed by atoms with Crippen molar-refractivity contribution in [3.63, 3.8) is 0 Å². The van der Waals surface area contributed by atoms with Crippen LogP contribution in [-0.4, -0.2) is 41.9 Å². The topological polar surface area (TPSA) is 58.6 Å². The Morgan fingerprint density at radius 1 is 1.14 bits per heavy atom. The second-order valence-corrected chi connectivity index (χ2v) is 9.70. The third-order valence-corrected chi connectivity index (χ3v) is 4.91. The number of para-hydroxylation sites is 1. The van der Waals surface area contributed by atoms with Crippen molar-refractivity contribution in [3.8, 4) is 5.75 Å². The number of nitrogens with one attached hydrogen (secondary N) is 1. The summed E-state index contributed by atoms with van der Waals surface area (Å²) in [7, 11) is 0. The number of nitrogens with zero attached hydrogens (tertiary/aromatic N) is 1. The van der Waals surface area contributed by atoms with E-state index in [1.807, 2.05) is 35.2 Å². The summed E-state index contributed by atoms with van der Waals surface area (Å²) in [6.07, 6.45) is 2.93. The molecule has 1 N–H and O–H groups in total. The fourth-order valence-corrected chi connectivity index (χ4v) is 4.15. The Hall–Kier alpha value is -2.04. The van der Waals surface area contributed by atoms with E-state index in [2.05, 4.69) is 39.9 Å². The number of carbonyl (C=O) groups is 2. The zero-order valence-corrected chi connectivity index (χ0v) is 18.1. The highest BCUT2D eigenvalue weighted by Gasteiger charge is 2.33. The second-order valence-electron chi connectivity index (χ2n) is 9.70. The van der Waals surface area contributed by atoms with Crippen LogP contribution >= 0.6 is 0 Å². The van der Waals surface area contributed by atoms with Crippen molar-refractivity contribution < 1.29 is 14.3 Å². The van der Waals surface area contributed by atoms with E-state index < -0.39 is 0 Å². The molecule has 156 valence electrons. The van der Waals surface area contributed by atoms with Crippen molar-refractivity contribution in [1.82, 2.24) is 10.2 Å². The number of likely N-dealkylation sites (tertiary alicyclic amines) is 1. The highest BCUT2D eigenvalue weighted by atomic mass is 16.5. The molecule has 1 aromatic carbocycles. The van der Waals surface area contributed by atoms with Gasteiger partial charge in [0.1, 0.15) is 5.75 Å². The number of amides is 2. The Bertz CT molecular complexity index is 650. The normalized spacial score (nSPS) is 17.9. The first-order valence-electron chi connectivity index (χ1n) is 10.3. The van der Waals surface area contributed by atoms with Gasteiger partial charge in [0.05, 0.1) is 18.9 Å². The molecule has 1 aliphatic heterocycles. The fraction of sp³-hybridized carbons (Fsp3) is 0.652. The molecule has 28 heavy (non-hydrogen) atoms. The smallest absolute Gasteiger partial charge is 0.226 e. The van der Waals surface area contributed by atoms with Crippen LogP contribution in [0.5, 0.6) is 5.75 Å². The predicted molar refractivity (Wildman–Crippen MR) is 112 cm³/mol. The number of ether oxygens (including phenoxy) is 1. The molecule has 0 radical (unpaired) electrons.